The maximum absolute atomic E-state index is 11.5. The number of hydrogen-bond acceptors (Lipinski definition) is 3. The standard InChI is InChI=1S/C16H14ClNO3/c1-9(19)12-7-16-13(18(12)2)8-15(21-16)11-5-4-10(17)6-14(11)20-3/h4-8H,1-3H3. The topological polar surface area (TPSA) is 44.4 Å². The molecule has 0 aliphatic rings. The third-order valence-corrected chi connectivity index (χ3v) is 3.76. The van der Waals surface area contributed by atoms with Crippen molar-refractivity contribution in [3.63, 3.8) is 0 Å². The summed E-state index contributed by atoms with van der Waals surface area (Å²) in [6.07, 6.45) is 0. The highest BCUT2D eigenvalue weighted by Gasteiger charge is 2.17. The van der Waals surface area contributed by atoms with Crippen molar-refractivity contribution < 1.29 is 13.9 Å². The molecule has 4 nitrogen and oxygen atoms in total. The van der Waals surface area contributed by atoms with Crippen LogP contribution >= 0.6 is 11.6 Å². The molecule has 0 radical (unpaired) electrons. The molecule has 0 amide bonds. The van der Waals surface area contributed by atoms with Crippen molar-refractivity contribution in [1.82, 2.24) is 4.57 Å². The summed E-state index contributed by atoms with van der Waals surface area (Å²) in [4.78, 5) is 11.5. The lowest BCUT2D eigenvalue weighted by atomic mass is 10.1. The number of carbonyl (C=O) groups excluding carboxylic acids is 1. The molecule has 0 spiro atoms. The van der Waals surface area contributed by atoms with E-state index in [1.807, 2.05) is 23.7 Å². The molecule has 0 bridgehead atoms. The molecule has 2 aromatic heterocycles. The van der Waals surface area contributed by atoms with Crippen LogP contribution in [-0.2, 0) is 7.05 Å². The van der Waals surface area contributed by atoms with Gasteiger partial charge in [-0.25, -0.2) is 0 Å². The van der Waals surface area contributed by atoms with E-state index in [1.54, 1.807) is 25.3 Å². The predicted molar refractivity (Wildman–Crippen MR) is 82.2 cm³/mol. The van der Waals surface area contributed by atoms with Gasteiger partial charge in [0.05, 0.1) is 23.9 Å². The SMILES string of the molecule is COc1cc(Cl)ccc1-c1cc2c(cc(C(C)=O)n2C)o1. The second-order valence-corrected chi connectivity index (χ2v) is 5.29. The molecule has 0 N–H and O–H groups in total. The van der Waals surface area contributed by atoms with Crippen LogP contribution in [-0.4, -0.2) is 17.5 Å². The number of carbonyl (C=O) groups is 1. The van der Waals surface area contributed by atoms with Crippen LogP contribution in [0, 0.1) is 0 Å². The van der Waals surface area contributed by atoms with Gasteiger partial charge in [0.15, 0.2) is 11.4 Å². The van der Waals surface area contributed by atoms with Gasteiger partial charge in [0.1, 0.15) is 11.5 Å². The fourth-order valence-electron chi connectivity index (χ4n) is 2.45. The molecule has 0 aliphatic heterocycles. The van der Waals surface area contributed by atoms with Crippen LogP contribution in [0.1, 0.15) is 17.4 Å². The van der Waals surface area contributed by atoms with Crippen LogP contribution in [0.15, 0.2) is 34.7 Å². The minimum atomic E-state index is 0.00882. The third-order valence-electron chi connectivity index (χ3n) is 3.52. The molecule has 0 aliphatic carbocycles. The van der Waals surface area contributed by atoms with Gasteiger partial charge in [0.25, 0.3) is 0 Å². The number of hydrogen-bond donors (Lipinski definition) is 0. The van der Waals surface area contributed by atoms with E-state index < -0.39 is 0 Å². The monoisotopic (exact) mass is 303 g/mol. The number of ketones is 1. The number of ether oxygens (including phenoxy) is 1. The second kappa shape index (κ2) is 4.97. The van der Waals surface area contributed by atoms with Gasteiger partial charge in [-0.15, -0.1) is 0 Å². The van der Waals surface area contributed by atoms with E-state index in [0.717, 1.165) is 11.1 Å². The number of fused-ring (bicyclic) bond motifs is 1. The number of halogens is 1. The van der Waals surface area contributed by atoms with Crippen molar-refractivity contribution in [2.75, 3.05) is 7.11 Å². The van der Waals surface area contributed by atoms with Crippen LogP contribution < -0.4 is 4.74 Å². The lowest BCUT2D eigenvalue weighted by Crippen LogP contribution is -2.00. The molecule has 5 heteroatoms. The first-order chi connectivity index (χ1) is 10.0. The number of methoxy groups -OCH3 is 1. The zero-order valence-electron chi connectivity index (χ0n) is 11.9. The Hall–Kier alpha value is -2.20. The molecular formula is C16H14ClNO3. The molecular weight excluding hydrogens is 290 g/mol. The lowest BCUT2D eigenvalue weighted by molar-refractivity contribution is 0.101. The van der Waals surface area contributed by atoms with E-state index in [-0.39, 0.29) is 5.78 Å². The summed E-state index contributed by atoms with van der Waals surface area (Å²) in [6.45, 7) is 1.54. The minimum Gasteiger partial charge on any atom is -0.496 e. The van der Waals surface area contributed by atoms with Crippen LogP contribution in [0.4, 0.5) is 0 Å². The van der Waals surface area contributed by atoms with Crippen LogP contribution in [0.5, 0.6) is 5.75 Å². The Morgan fingerprint density at radius 1 is 1.29 bits per heavy atom. The third kappa shape index (κ3) is 2.21. The first-order valence-electron chi connectivity index (χ1n) is 6.45. The Kier molecular flexibility index (Phi) is 3.26. The highest BCUT2D eigenvalue weighted by molar-refractivity contribution is 6.30. The first kappa shape index (κ1) is 13.8. The normalized spacial score (nSPS) is 11.0. The summed E-state index contributed by atoms with van der Waals surface area (Å²) in [5, 5.41) is 0.602. The van der Waals surface area contributed by atoms with Gasteiger partial charge in [-0.05, 0) is 18.2 Å². The van der Waals surface area contributed by atoms with Gasteiger partial charge < -0.3 is 13.7 Å². The Bertz CT molecular complexity index is 845. The molecule has 0 unspecified atom stereocenters. The number of furan rings is 1. The van der Waals surface area contributed by atoms with Crippen molar-refractivity contribution >= 4 is 28.5 Å². The maximum atomic E-state index is 11.5. The summed E-state index contributed by atoms with van der Waals surface area (Å²) in [7, 11) is 3.43. The van der Waals surface area contributed by atoms with Crippen molar-refractivity contribution in [2.45, 2.75) is 6.92 Å². The van der Waals surface area contributed by atoms with Crippen molar-refractivity contribution in [3.8, 4) is 17.1 Å². The summed E-state index contributed by atoms with van der Waals surface area (Å²) < 4.78 is 13.0. The number of benzene rings is 1. The lowest BCUT2D eigenvalue weighted by Gasteiger charge is -2.06. The summed E-state index contributed by atoms with van der Waals surface area (Å²) >= 11 is 5.97. The molecule has 1 aromatic carbocycles. The summed E-state index contributed by atoms with van der Waals surface area (Å²) in [5.74, 6) is 1.34. The van der Waals surface area contributed by atoms with E-state index in [0.29, 0.717) is 27.8 Å². The van der Waals surface area contributed by atoms with E-state index in [1.165, 1.54) is 6.92 Å². The number of rotatable bonds is 3. The minimum absolute atomic E-state index is 0.00882. The highest BCUT2D eigenvalue weighted by Crippen LogP contribution is 2.36. The van der Waals surface area contributed by atoms with Crippen LogP contribution in [0.25, 0.3) is 22.4 Å². The summed E-state index contributed by atoms with van der Waals surface area (Å²) in [6, 6.07) is 9.03. The van der Waals surface area contributed by atoms with Crippen molar-refractivity contribution in [2.24, 2.45) is 7.05 Å². The number of aromatic nitrogens is 1. The van der Waals surface area contributed by atoms with Gasteiger partial charge >= 0.3 is 0 Å². The first-order valence-corrected chi connectivity index (χ1v) is 6.83. The molecule has 2 heterocycles. The largest absolute Gasteiger partial charge is 0.496 e. The van der Waals surface area contributed by atoms with E-state index in [9.17, 15) is 4.79 Å². The van der Waals surface area contributed by atoms with Crippen LogP contribution in [0.3, 0.4) is 0 Å². The second-order valence-electron chi connectivity index (χ2n) is 4.85. The average Bonchev–Trinajstić information content (AvgIpc) is 2.98. The Labute approximate surface area is 126 Å². The highest BCUT2D eigenvalue weighted by atomic mass is 35.5. The zero-order valence-corrected chi connectivity index (χ0v) is 12.7. The molecule has 0 fully saturated rings. The van der Waals surface area contributed by atoms with Gasteiger partial charge in [0.2, 0.25) is 0 Å². The molecule has 21 heavy (non-hydrogen) atoms. The smallest absolute Gasteiger partial charge is 0.176 e. The number of nitrogens with zero attached hydrogens (tertiary/aromatic N) is 1. The quantitative estimate of drug-likeness (QED) is 0.677. The van der Waals surface area contributed by atoms with Gasteiger partial charge in [-0.3, -0.25) is 4.79 Å². The fraction of sp³-hybridized carbons (Fsp3) is 0.188. The molecule has 3 aromatic rings. The Morgan fingerprint density at radius 2 is 2.05 bits per heavy atom. The molecule has 0 atom stereocenters. The van der Waals surface area contributed by atoms with Crippen molar-refractivity contribution in [3.05, 3.63) is 41.0 Å². The number of Topliss-reactive ketones (excluding diaryl/α,β-unsaturated/α-hetero) is 1. The zero-order chi connectivity index (χ0) is 15.1. The van der Waals surface area contributed by atoms with Crippen molar-refractivity contribution in [1.29, 1.82) is 0 Å². The van der Waals surface area contributed by atoms with E-state index >= 15 is 0 Å². The van der Waals surface area contributed by atoms with Gasteiger partial charge in [0, 0.05) is 31.1 Å². The van der Waals surface area contributed by atoms with Gasteiger partial charge in [-0.2, -0.15) is 0 Å². The predicted octanol–water partition coefficient (Wildman–Crippen LogP) is 4.30. The summed E-state index contributed by atoms with van der Waals surface area (Å²) in [5.41, 5.74) is 2.99. The Balaban J connectivity index is 2.16. The van der Waals surface area contributed by atoms with E-state index in [2.05, 4.69) is 0 Å². The molecule has 0 saturated carbocycles. The molecule has 0 saturated heterocycles. The van der Waals surface area contributed by atoms with Crippen LogP contribution in [0.2, 0.25) is 5.02 Å². The molecule has 108 valence electrons. The number of aryl methyl sites for hydroxylation is 1. The Morgan fingerprint density at radius 3 is 2.67 bits per heavy atom. The molecule has 3 rings (SSSR count). The average molecular weight is 304 g/mol. The fourth-order valence-corrected chi connectivity index (χ4v) is 2.61. The van der Waals surface area contributed by atoms with E-state index in [4.69, 9.17) is 20.8 Å². The maximum Gasteiger partial charge on any atom is 0.176 e. The van der Waals surface area contributed by atoms with Gasteiger partial charge in [-0.1, -0.05) is 11.6 Å².